The zero-order valence-corrected chi connectivity index (χ0v) is 12.0. The van der Waals surface area contributed by atoms with Crippen LogP contribution in [0.25, 0.3) is 0 Å². The SMILES string of the molecule is CNC(C)(CCCN1CCCN(C)CC1)C(N)=O. The monoisotopic (exact) mass is 256 g/mol. The molecule has 1 amide bonds. The summed E-state index contributed by atoms with van der Waals surface area (Å²) in [5, 5.41) is 3.03. The third-order valence-corrected chi connectivity index (χ3v) is 4.06. The molecule has 1 fully saturated rings. The average molecular weight is 256 g/mol. The highest BCUT2D eigenvalue weighted by atomic mass is 16.1. The highest BCUT2D eigenvalue weighted by Gasteiger charge is 2.28. The maximum absolute atomic E-state index is 11.4. The van der Waals surface area contributed by atoms with Crippen molar-refractivity contribution >= 4 is 5.91 Å². The van der Waals surface area contributed by atoms with Crippen LogP contribution in [-0.2, 0) is 4.79 Å². The summed E-state index contributed by atoms with van der Waals surface area (Å²) in [6.07, 6.45) is 3.03. The van der Waals surface area contributed by atoms with E-state index in [-0.39, 0.29) is 5.91 Å². The van der Waals surface area contributed by atoms with Crippen molar-refractivity contribution in [1.29, 1.82) is 0 Å². The van der Waals surface area contributed by atoms with Crippen molar-refractivity contribution < 1.29 is 4.79 Å². The van der Waals surface area contributed by atoms with E-state index in [0.717, 1.165) is 39.0 Å². The Morgan fingerprint density at radius 3 is 2.67 bits per heavy atom. The van der Waals surface area contributed by atoms with Gasteiger partial charge < -0.3 is 20.9 Å². The Morgan fingerprint density at radius 2 is 2.06 bits per heavy atom. The Bertz CT molecular complexity index is 272. The molecule has 1 aliphatic rings. The van der Waals surface area contributed by atoms with E-state index >= 15 is 0 Å². The number of hydrogen-bond acceptors (Lipinski definition) is 4. The third kappa shape index (κ3) is 4.55. The third-order valence-electron chi connectivity index (χ3n) is 4.06. The lowest BCUT2D eigenvalue weighted by atomic mass is 9.95. The summed E-state index contributed by atoms with van der Waals surface area (Å²) >= 11 is 0. The molecule has 0 aliphatic carbocycles. The van der Waals surface area contributed by atoms with Crippen molar-refractivity contribution in [2.24, 2.45) is 5.73 Å². The molecule has 0 aromatic carbocycles. The molecular weight excluding hydrogens is 228 g/mol. The summed E-state index contributed by atoms with van der Waals surface area (Å²) in [6, 6.07) is 0. The van der Waals surface area contributed by atoms with E-state index in [4.69, 9.17) is 5.73 Å². The van der Waals surface area contributed by atoms with Gasteiger partial charge in [0.1, 0.15) is 0 Å². The van der Waals surface area contributed by atoms with Crippen molar-refractivity contribution in [2.45, 2.75) is 31.7 Å². The maximum atomic E-state index is 11.4. The Morgan fingerprint density at radius 1 is 1.33 bits per heavy atom. The molecule has 1 heterocycles. The van der Waals surface area contributed by atoms with Gasteiger partial charge in [-0.05, 0) is 59.9 Å². The number of hydrogen-bond donors (Lipinski definition) is 2. The van der Waals surface area contributed by atoms with E-state index in [9.17, 15) is 4.79 Å². The van der Waals surface area contributed by atoms with Crippen molar-refractivity contribution in [2.75, 3.05) is 46.8 Å². The van der Waals surface area contributed by atoms with E-state index in [0.29, 0.717) is 0 Å². The first-order valence-electron chi connectivity index (χ1n) is 6.87. The molecule has 1 atom stereocenters. The number of nitrogens with one attached hydrogen (secondary N) is 1. The first-order chi connectivity index (χ1) is 8.48. The van der Waals surface area contributed by atoms with Gasteiger partial charge in [-0.25, -0.2) is 0 Å². The quantitative estimate of drug-likeness (QED) is 0.695. The maximum Gasteiger partial charge on any atom is 0.237 e. The Kier molecular flexibility index (Phi) is 6.05. The molecule has 1 unspecified atom stereocenters. The van der Waals surface area contributed by atoms with Crippen molar-refractivity contribution in [3.05, 3.63) is 0 Å². The molecule has 5 heteroatoms. The number of amides is 1. The van der Waals surface area contributed by atoms with Crippen molar-refractivity contribution in [3.63, 3.8) is 0 Å². The molecule has 0 saturated carbocycles. The van der Waals surface area contributed by atoms with Gasteiger partial charge in [-0.15, -0.1) is 0 Å². The van der Waals surface area contributed by atoms with E-state index in [2.05, 4.69) is 22.2 Å². The number of rotatable bonds is 6. The van der Waals surface area contributed by atoms with Crippen LogP contribution in [0.3, 0.4) is 0 Å². The minimum atomic E-state index is -0.567. The van der Waals surface area contributed by atoms with Gasteiger partial charge in [0.15, 0.2) is 0 Å². The number of primary amides is 1. The van der Waals surface area contributed by atoms with Crippen molar-refractivity contribution in [1.82, 2.24) is 15.1 Å². The number of likely N-dealkylation sites (N-methyl/N-ethyl adjacent to an activating group) is 2. The Balaban J connectivity index is 2.30. The summed E-state index contributed by atoms with van der Waals surface area (Å²) < 4.78 is 0. The Labute approximate surface area is 111 Å². The summed E-state index contributed by atoms with van der Waals surface area (Å²) in [7, 11) is 3.97. The fourth-order valence-electron chi connectivity index (χ4n) is 2.35. The van der Waals surface area contributed by atoms with Gasteiger partial charge in [-0.3, -0.25) is 4.79 Å². The summed E-state index contributed by atoms with van der Waals surface area (Å²) in [6.45, 7) is 7.55. The molecule has 5 nitrogen and oxygen atoms in total. The summed E-state index contributed by atoms with van der Waals surface area (Å²) in [4.78, 5) is 16.2. The molecule has 18 heavy (non-hydrogen) atoms. The van der Waals surface area contributed by atoms with Crippen LogP contribution in [0.4, 0.5) is 0 Å². The molecular formula is C13H28N4O. The van der Waals surface area contributed by atoms with Gasteiger partial charge in [0.05, 0.1) is 5.54 Å². The number of nitrogens with zero attached hydrogens (tertiary/aromatic N) is 2. The van der Waals surface area contributed by atoms with E-state index in [1.807, 2.05) is 6.92 Å². The first-order valence-corrected chi connectivity index (χ1v) is 6.87. The van der Waals surface area contributed by atoms with Crippen LogP contribution in [0.1, 0.15) is 26.2 Å². The lowest BCUT2D eigenvalue weighted by Gasteiger charge is -2.27. The summed E-state index contributed by atoms with van der Waals surface area (Å²) in [5.41, 5.74) is 4.86. The van der Waals surface area contributed by atoms with Crippen LogP contribution in [0.15, 0.2) is 0 Å². The average Bonchev–Trinajstić information content (AvgIpc) is 2.54. The predicted molar refractivity (Wildman–Crippen MR) is 74.4 cm³/mol. The predicted octanol–water partition coefficient (Wildman–Crippen LogP) is -0.132. The smallest absolute Gasteiger partial charge is 0.237 e. The van der Waals surface area contributed by atoms with E-state index in [1.165, 1.54) is 13.0 Å². The van der Waals surface area contributed by atoms with Gasteiger partial charge in [-0.1, -0.05) is 0 Å². The lowest BCUT2D eigenvalue weighted by Crippen LogP contribution is -2.51. The summed E-state index contributed by atoms with van der Waals surface area (Å²) in [5.74, 6) is -0.263. The van der Waals surface area contributed by atoms with Crippen LogP contribution in [0.2, 0.25) is 0 Å². The highest BCUT2D eigenvalue weighted by Crippen LogP contribution is 2.12. The molecule has 0 radical (unpaired) electrons. The van der Waals surface area contributed by atoms with Crippen LogP contribution in [0, 0.1) is 0 Å². The van der Waals surface area contributed by atoms with Crippen LogP contribution >= 0.6 is 0 Å². The fourth-order valence-corrected chi connectivity index (χ4v) is 2.35. The second-order valence-corrected chi connectivity index (χ2v) is 5.55. The van der Waals surface area contributed by atoms with Gasteiger partial charge in [0.25, 0.3) is 0 Å². The molecule has 1 saturated heterocycles. The minimum Gasteiger partial charge on any atom is -0.368 e. The van der Waals surface area contributed by atoms with Crippen LogP contribution in [0.5, 0.6) is 0 Å². The molecule has 0 aromatic rings. The van der Waals surface area contributed by atoms with E-state index in [1.54, 1.807) is 7.05 Å². The van der Waals surface area contributed by atoms with Gasteiger partial charge in [-0.2, -0.15) is 0 Å². The molecule has 0 bridgehead atoms. The zero-order valence-electron chi connectivity index (χ0n) is 12.0. The minimum absolute atomic E-state index is 0.263. The number of carbonyl (C=O) groups is 1. The van der Waals surface area contributed by atoms with Gasteiger partial charge in [0, 0.05) is 13.1 Å². The second kappa shape index (κ2) is 7.07. The topological polar surface area (TPSA) is 61.6 Å². The normalized spacial score (nSPS) is 22.4. The molecule has 1 rings (SSSR count). The molecule has 0 aromatic heterocycles. The lowest BCUT2D eigenvalue weighted by molar-refractivity contribution is -0.123. The van der Waals surface area contributed by atoms with Gasteiger partial charge in [0.2, 0.25) is 5.91 Å². The van der Waals surface area contributed by atoms with Crippen LogP contribution in [-0.4, -0.2) is 68.1 Å². The highest BCUT2D eigenvalue weighted by molar-refractivity contribution is 5.84. The van der Waals surface area contributed by atoms with Gasteiger partial charge >= 0.3 is 0 Å². The molecule has 106 valence electrons. The van der Waals surface area contributed by atoms with E-state index < -0.39 is 5.54 Å². The van der Waals surface area contributed by atoms with Crippen molar-refractivity contribution in [3.8, 4) is 0 Å². The molecule has 3 N–H and O–H groups in total. The fraction of sp³-hybridized carbons (Fsp3) is 0.923. The second-order valence-electron chi connectivity index (χ2n) is 5.55. The molecule has 0 spiro atoms. The first kappa shape index (κ1) is 15.4. The standard InChI is InChI=1S/C13H28N4O/c1-13(15-2,12(14)18)6-4-8-17-9-5-7-16(3)10-11-17/h15H,4-11H2,1-3H3,(H2,14,18). The number of nitrogens with two attached hydrogens (primary N) is 1. The zero-order chi connectivity index (χ0) is 13.6. The Hall–Kier alpha value is -0.650. The molecule has 1 aliphatic heterocycles. The largest absolute Gasteiger partial charge is 0.368 e. The number of carbonyl (C=O) groups excluding carboxylic acids is 1. The van der Waals surface area contributed by atoms with Crippen LogP contribution < -0.4 is 11.1 Å².